The summed E-state index contributed by atoms with van der Waals surface area (Å²) in [6.07, 6.45) is 0. The Bertz CT molecular complexity index is 470. The topological polar surface area (TPSA) is 233 Å². The summed E-state index contributed by atoms with van der Waals surface area (Å²) in [6.45, 7) is 0. The molecule has 1 aromatic rings. The fraction of sp³-hybridized carbons (Fsp3) is 0. The van der Waals surface area contributed by atoms with Gasteiger partial charge in [-0.05, 0) is 12.1 Å². The molecule has 20 heavy (non-hydrogen) atoms. The predicted molar refractivity (Wildman–Crippen MR) is 68.6 cm³/mol. The van der Waals surface area contributed by atoms with Crippen molar-refractivity contribution in [1.29, 1.82) is 0 Å². The van der Waals surface area contributed by atoms with Gasteiger partial charge in [0, 0.05) is 5.69 Å². The minimum absolute atomic E-state index is 0.938. The summed E-state index contributed by atoms with van der Waals surface area (Å²) >= 11 is 0. The lowest BCUT2D eigenvalue weighted by Gasteiger charge is -1.94. The Morgan fingerprint density at radius 2 is 1.05 bits per heavy atom. The zero-order valence-corrected chi connectivity index (χ0v) is 11.4. The molecule has 0 radical (unpaired) electrons. The number of hydrogen-bond donors (Lipinski definition) is 8. The molecular formula is C6H15N3O9S2. The van der Waals surface area contributed by atoms with Crippen molar-refractivity contribution in [3.8, 4) is 0 Å². The molecule has 14 heteroatoms. The van der Waals surface area contributed by atoms with E-state index >= 15 is 0 Å². The Morgan fingerprint density at radius 1 is 0.800 bits per heavy atom. The zero-order chi connectivity index (χ0) is 16.8. The Balaban J connectivity index is -0.000000213. The van der Waals surface area contributed by atoms with Crippen LogP contribution >= 0.6 is 0 Å². The maximum atomic E-state index is 8.74. The van der Waals surface area contributed by atoms with Crippen molar-refractivity contribution in [2.45, 2.75) is 0 Å². The standard InChI is InChI=1S/C6H8N2.H3NO.2H2O4S/c7-8-6-4-2-1-3-5-6;1-2;2*1-5(2,3)4/h1-5,8H,7H2;2H,1H2;2*(H2,1,2,3,4). The van der Waals surface area contributed by atoms with E-state index in [-0.39, 0.29) is 0 Å². The first kappa shape index (κ1) is 23.7. The molecule has 10 N–H and O–H groups in total. The normalized spacial score (nSPS) is 9.55. The van der Waals surface area contributed by atoms with Crippen LogP contribution in [0.3, 0.4) is 0 Å². The van der Waals surface area contributed by atoms with Gasteiger partial charge in [0.2, 0.25) is 0 Å². The average Bonchev–Trinajstić information content (AvgIpc) is 2.28. The summed E-state index contributed by atoms with van der Waals surface area (Å²) in [7, 11) is -9.33. The molecule has 0 aromatic heterocycles. The zero-order valence-electron chi connectivity index (χ0n) is 9.73. The van der Waals surface area contributed by atoms with Crippen LogP contribution in [0.5, 0.6) is 0 Å². The average molecular weight is 337 g/mol. The van der Waals surface area contributed by atoms with E-state index in [0.717, 1.165) is 5.69 Å². The van der Waals surface area contributed by atoms with Crippen LogP contribution in [0.25, 0.3) is 0 Å². The van der Waals surface area contributed by atoms with Crippen LogP contribution in [0.15, 0.2) is 30.3 Å². The first-order chi connectivity index (χ1) is 8.93. The third-order valence-electron chi connectivity index (χ3n) is 0.940. The Hall–Kier alpha value is -1.36. The van der Waals surface area contributed by atoms with Gasteiger partial charge in [-0.3, -0.25) is 24.1 Å². The quantitative estimate of drug-likeness (QED) is 0.175. The lowest BCUT2D eigenvalue weighted by atomic mass is 10.3. The molecule has 0 fully saturated rings. The number of nitrogens with one attached hydrogen (secondary N) is 1. The number of benzene rings is 1. The molecule has 0 spiro atoms. The summed E-state index contributed by atoms with van der Waals surface area (Å²) in [5, 5.41) is 6.50. The number of nitrogen functional groups attached to an aromatic ring is 1. The lowest BCUT2D eigenvalue weighted by Crippen LogP contribution is -2.05. The third kappa shape index (κ3) is 54.5. The van der Waals surface area contributed by atoms with Crippen LogP contribution in [-0.2, 0) is 20.8 Å². The van der Waals surface area contributed by atoms with Gasteiger partial charge in [-0.15, -0.1) is 0 Å². The van der Waals surface area contributed by atoms with E-state index in [9.17, 15) is 0 Å². The molecule has 0 aliphatic carbocycles. The monoisotopic (exact) mass is 337 g/mol. The highest BCUT2D eigenvalue weighted by molar-refractivity contribution is 7.80. The molecule has 120 valence electrons. The van der Waals surface area contributed by atoms with Gasteiger partial charge in [-0.2, -0.15) is 16.8 Å². The SMILES string of the molecule is NNc1ccccc1.NO.O=S(=O)(O)O.O=S(=O)(O)O. The number of hydrazine groups is 1. The van der Waals surface area contributed by atoms with E-state index < -0.39 is 20.8 Å². The first-order valence-electron chi connectivity index (χ1n) is 4.10. The van der Waals surface area contributed by atoms with Crippen LogP contribution in [-0.4, -0.2) is 40.3 Å². The molecular weight excluding hydrogens is 322 g/mol. The van der Waals surface area contributed by atoms with E-state index in [0.29, 0.717) is 0 Å². The number of anilines is 1. The second kappa shape index (κ2) is 12.7. The summed E-state index contributed by atoms with van der Waals surface area (Å²) in [5.74, 6) is 8.60. The summed E-state index contributed by atoms with van der Waals surface area (Å²) < 4.78 is 63.2. The molecule has 0 aliphatic heterocycles. The van der Waals surface area contributed by atoms with E-state index in [2.05, 4.69) is 11.3 Å². The highest BCUT2D eigenvalue weighted by atomic mass is 32.3. The number of rotatable bonds is 1. The second-order valence-electron chi connectivity index (χ2n) is 2.41. The largest absolute Gasteiger partial charge is 0.394 e. The minimum atomic E-state index is -4.67. The smallest absolute Gasteiger partial charge is 0.324 e. The van der Waals surface area contributed by atoms with Crippen molar-refractivity contribution in [2.24, 2.45) is 11.7 Å². The van der Waals surface area contributed by atoms with Crippen LogP contribution in [0, 0.1) is 0 Å². The van der Waals surface area contributed by atoms with Gasteiger partial charge in [-0.1, -0.05) is 18.2 Å². The van der Waals surface area contributed by atoms with Gasteiger partial charge in [0.25, 0.3) is 0 Å². The minimum Gasteiger partial charge on any atom is -0.324 e. The van der Waals surface area contributed by atoms with Crippen LogP contribution in [0.4, 0.5) is 5.69 Å². The second-order valence-corrected chi connectivity index (χ2v) is 4.20. The van der Waals surface area contributed by atoms with Gasteiger partial charge >= 0.3 is 20.8 Å². The van der Waals surface area contributed by atoms with Crippen molar-refractivity contribution in [3.05, 3.63) is 30.3 Å². The number of para-hydroxylation sites is 1. The van der Waals surface area contributed by atoms with Crippen LogP contribution < -0.4 is 17.2 Å². The van der Waals surface area contributed by atoms with Gasteiger partial charge < -0.3 is 10.6 Å². The molecule has 0 saturated heterocycles. The van der Waals surface area contributed by atoms with Crippen LogP contribution in [0.2, 0.25) is 0 Å². The predicted octanol–water partition coefficient (Wildman–Crippen LogP) is -0.999. The van der Waals surface area contributed by atoms with E-state index in [4.69, 9.17) is 46.1 Å². The van der Waals surface area contributed by atoms with E-state index in [1.807, 2.05) is 30.3 Å². The maximum absolute atomic E-state index is 8.74. The first-order valence-corrected chi connectivity index (χ1v) is 6.90. The Labute approximate surface area is 115 Å². The molecule has 0 unspecified atom stereocenters. The molecule has 1 aromatic carbocycles. The number of hydrogen-bond acceptors (Lipinski definition) is 8. The molecule has 0 atom stereocenters. The molecule has 1 rings (SSSR count). The Kier molecular flexibility index (Phi) is 15.0. The fourth-order valence-electron chi connectivity index (χ4n) is 0.534. The maximum Gasteiger partial charge on any atom is 0.394 e. The van der Waals surface area contributed by atoms with Crippen LogP contribution in [0.1, 0.15) is 0 Å². The molecule has 0 amide bonds. The molecule has 12 nitrogen and oxygen atoms in total. The van der Waals surface area contributed by atoms with Crippen molar-refractivity contribution in [1.82, 2.24) is 0 Å². The van der Waals surface area contributed by atoms with Gasteiger partial charge in [0.15, 0.2) is 0 Å². The molecule has 0 bridgehead atoms. The van der Waals surface area contributed by atoms with E-state index in [1.165, 1.54) is 0 Å². The molecule has 0 saturated carbocycles. The fourth-order valence-corrected chi connectivity index (χ4v) is 0.534. The molecule has 0 aliphatic rings. The van der Waals surface area contributed by atoms with Gasteiger partial charge in [0.1, 0.15) is 0 Å². The molecule has 0 heterocycles. The summed E-state index contributed by atoms with van der Waals surface area (Å²) in [4.78, 5) is 0. The lowest BCUT2D eigenvalue weighted by molar-refractivity contribution is 0.311. The van der Waals surface area contributed by atoms with Crippen molar-refractivity contribution in [2.75, 3.05) is 5.43 Å². The summed E-state index contributed by atoms with van der Waals surface area (Å²) in [5.41, 5.74) is 3.46. The van der Waals surface area contributed by atoms with E-state index in [1.54, 1.807) is 0 Å². The van der Waals surface area contributed by atoms with Gasteiger partial charge in [-0.25, -0.2) is 5.90 Å². The highest BCUT2D eigenvalue weighted by Gasteiger charge is 1.85. The third-order valence-corrected chi connectivity index (χ3v) is 0.940. The van der Waals surface area contributed by atoms with Crippen molar-refractivity contribution >= 4 is 26.5 Å². The number of nitrogens with two attached hydrogens (primary N) is 2. The van der Waals surface area contributed by atoms with Crippen molar-refractivity contribution in [3.63, 3.8) is 0 Å². The van der Waals surface area contributed by atoms with Gasteiger partial charge in [0.05, 0.1) is 0 Å². The van der Waals surface area contributed by atoms with Crippen molar-refractivity contribution < 1.29 is 40.3 Å². The Morgan fingerprint density at radius 3 is 1.20 bits per heavy atom. The highest BCUT2D eigenvalue weighted by Crippen LogP contribution is 2.00. The summed E-state index contributed by atoms with van der Waals surface area (Å²) in [6, 6.07) is 9.60.